The summed E-state index contributed by atoms with van der Waals surface area (Å²) < 4.78 is 0. The van der Waals surface area contributed by atoms with Gasteiger partial charge in [0.25, 0.3) is 0 Å². The van der Waals surface area contributed by atoms with Crippen LogP contribution < -0.4 is 5.32 Å². The van der Waals surface area contributed by atoms with Gasteiger partial charge in [0.05, 0.1) is 5.92 Å². The molecule has 1 aliphatic rings. The van der Waals surface area contributed by atoms with Crippen LogP contribution in [0, 0.1) is 6.92 Å². The highest BCUT2D eigenvalue weighted by molar-refractivity contribution is 7.18. The summed E-state index contributed by atoms with van der Waals surface area (Å²) in [5, 5.41) is 12.5. The van der Waals surface area contributed by atoms with Gasteiger partial charge in [-0.2, -0.15) is 0 Å². The number of hydrogen-bond acceptors (Lipinski definition) is 5. The van der Waals surface area contributed by atoms with E-state index in [1.165, 1.54) is 23.3 Å². The second-order valence-electron chi connectivity index (χ2n) is 9.27. The Labute approximate surface area is 211 Å². The molecule has 0 saturated heterocycles. The molecule has 184 valence electrons. The average Bonchev–Trinajstić information content (AvgIpc) is 3.34. The molecule has 0 bridgehead atoms. The van der Waals surface area contributed by atoms with Gasteiger partial charge in [-0.1, -0.05) is 97.7 Å². The fourth-order valence-corrected chi connectivity index (χ4v) is 5.56. The van der Waals surface area contributed by atoms with Gasteiger partial charge < -0.3 is 10.2 Å². The van der Waals surface area contributed by atoms with Crippen molar-refractivity contribution < 1.29 is 9.59 Å². The number of nitrogens with zero attached hydrogens (tertiary/aromatic N) is 3. The van der Waals surface area contributed by atoms with Crippen LogP contribution in [0.1, 0.15) is 68.9 Å². The quantitative estimate of drug-likeness (QED) is 0.388. The van der Waals surface area contributed by atoms with Gasteiger partial charge in [-0.05, 0) is 31.7 Å². The predicted octanol–water partition coefficient (Wildman–Crippen LogP) is 6.20. The average molecular weight is 491 g/mol. The van der Waals surface area contributed by atoms with Crippen molar-refractivity contribution in [3.8, 4) is 10.6 Å². The van der Waals surface area contributed by atoms with Crippen LogP contribution in [0.3, 0.4) is 0 Å². The molecule has 4 rings (SSSR count). The van der Waals surface area contributed by atoms with Crippen molar-refractivity contribution in [2.75, 3.05) is 11.9 Å². The first-order chi connectivity index (χ1) is 17.0. The Balaban J connectivity index is 1.41. The maximum atomic E-state index is 13.7. The Morgan fingerprint density at radius 1 is 1.03 bits per heavy atom. The number of anilines is 1. The normalized spacial score (nSPS) is 14.9. The summed E-state index contributed by atoms with van der Waals surface area (Å²) in [5.74, 6) is -0.185. The molecule has 2 aromatic carbocycles. The lowest BCUT2D eigenvalue weighted by Crippen LogP contribution is -2.45. The lowest BCUT2D eigenvalue weighted by atomic mass is 9.90. The molecule has 1 atom stereocenters. The molecule has 1 aliphatic carbocycles. The maximum absolute atomic E-state index is 13.7. The van der Waals surface area contributed by atoms with Crippen molar-refractivity contribution in [3.63, 3.8) is 0 Å². The molecule has 1 heterocycles. The Hall–Kier alpha value is -3.06. The van der Waals surface area contributed by atoms with Crippen molar-refractivity contribution >= 4 is 28.3 Å². The molecule has 0 aliphatic heterocycles. The van der Waals surface area contributed by atoms with E-state index in [0.717, 1.165) is 48.2 Å². The first kappa shape index (κ1) is 25.0. The minimum Gasteiger partial charge on any atom is -0.339 e. The van der Waals surface area contributed by atoms with Crippen molar-refractivity contribution in [1.82, 2.24) is 15.1 Å². The third-order valence-corrected chi connectivity index (χ3v) is 7.64. The molecule has 2 amide bonds. The van der Waals surface area contributed by atoms with Gasteiger partial charge in [-0.25, -0.2) is 0 Å². The summed E-state index contributed by atoms with van der Waals surface area (Å²) in [6.45, 7) is 4.52. The zero-order chi connectivity index (χ0) is 24.6. The number of amides is 2. The molecular weight excluding hydrogens is 456 g/mol. The van der Waals surface area contributed by atoms with Crippen molar-refractivity contribution in [3.05, 3.63) is 65.7 Å². The lowest BCUT2D eigenvalue weighted by Gasteiger charge is -2.36. The van der Waals surface area contributed by atoms with Crippen LogP contribution in [0.2, 0.25) is 0 Å². The van der Waals surface area contributed by atoms with Gasteiger partial charge in [-0.15, -0.1) is 10.2 Å². The molecule has 1 fully saturated rings. The Morgan fingerprint density at radius 2 is 1.74 bits per heavy atom. The van der Waals surface area contributed by atoms with E-state index in [1.807, 2.05) is 66.4 Å². The number of carbonyl (C=O) groups excluding carboxylic acids is 2. The maximum Gasteiger partial charge on any atom is 0.230 e. The van der Waals surface area contributed by atoms with E-state index < -0.39 is 0 Å². The standard InChI is InChI=1S/C28H34N4O2S/c1-3-24(21-10-6-4-7-11-21)27(34)32(23-12-8-5-9-13-23)19-18-25(33)29-28-31-30-26(35-28)22-16-14-20(2)15-17-22/h4,6-7,10-11,14-17,23-24H,3,5,8-9,12-13,18-19H2,1-2H3,(H,29,31,33)/t24-/m1/s1. The molecular formula is C28H34N4O2S. The third-order valence-electron chi connectivity index (χ3n) is 6.76. The van der Waals surface area contributed by atoms with Gasteiger partial charge >= 0.3 is 0 Å². The predicted molar refractivity (Wildman–Crippen MR) is 141 cm³/mol. The van der Waals surface area contributed by atoms with Gasteiger partial charge in [0.15, 0.2) is 0 Å². The molecule has 6 nitrogen and oxygen atoms in total. The van der Waals surface area contributed by atoms with Gasteiger partial charge in [0, 0.05) is 24.6 Å². The summed E-state index contributed by atoms with van der Waals surface area (Å²) in [5.41, 5.74) is 3.21. The number of aryl methyl sites for hydroxylation is 1. The van der Waals surface area contributed by atoms with E-state index >= 15 is 0 Å². The number of aromatic nitrogens is 2. The van der Waals surface area contributed by atoms with Gasteiger partial charge in [0.2, 0.25) is 16.9 Å². The van der Waals surface area contributed by atoms with Crippen molar-refractivity contribution in [2.24, 2.45) is 0 Å². The Morgan fingerprint density at radius 3 is 2.43 bits per heavy atom. The molecule has 0 radical (unpaired) electrons. The molecule has 35 heavy (non-hydrogen) atoms. The molecule has 7 heteroatoms. The van der Waals surface area contributed by atoms with Gasteiger partial charge in [-0.3, -0.25) is 9.59 Å². The van der Waals surface area contributed by atoms with Crippen molar-refractivity contribution in [2.45, 2.75) is 70.8 Å². The molecule has 0 spiro atoms. The fraction of sp³-hybridized carbons (Fsp3) is 0.429. The molecule has 1 saturated carbocycles. The highest BCUT2D eigenvalue weighted by atomic mass is 32.1. The SMILES string of the molecule is CC[C@@H](C(=O)N(CCC(=O)Nc1nnc(-c2ccc(C)cc2)s1)C1CCCCC1)c1ccccc1. The second-order valence-corrected chi connectivity index (χ2v) is 10.2. The van der Waals surface area contributed by atoms with E-state index in [9.17, 15) is 9.59 Å². The van der Waals surface area contributed by atoms with E-state index in [-0.39, 0.29) is 30.2 Å². The first-order valence-electron chi connectivity index (χ1n) is 12.6. The third kappa shape index (κ3) is 6.54. The van der Waals surface area contributed by atoms with E-state index in [1.54, 1.807) is 0 Å². The van der Waals surface area contributed by atoms with E-state index in [4.69, 9.17) is 0 Å². The number of rotatable bonds is 9. The van der Waals surface area contributed by atoms with Crippen LogP contribution in [-0.2, 0) is 9.59 Å². The smallest absolute Gasteiger partial charge is 0.230 e. The van der Waals surface area contributed by atoms with Crippen molar-refractivity contribution in [1.29, 1.82) is 0 Å². The van der Waals surface area contributed by atoms with E-state index in [2.05, 4.69) is 22.4 Å². The number of hydrogen-bond donors (Lipinski definition) is 1. The summed E-state index contributed by atoms with van der Waals surface area (Å²) >= 11 is 1.36. The lowest BCUT2D eigenvalue weighted by molar-refractivity contribution is -0.136. The second kappa shape index (κ2) is 12.1. The zero-order valence-corrected chi connectivity index (χ0v) is 21.4. The van der Waals surface area contributed by atoms with Crippen LogP contribution in [0.4, 0.5) is 5.13 Å². The summed E-state index contributed by atoms with van der Waals surface area (Å²) in [6, 6.07) is 18.3. The van der Waals surface area contributed by atoms with Crippen LogP contribution in [0.15, 0.2) is 54.6 Å². The minimum atomic E-state index is -0.179. The fourth-order valence-electron chi connectivity index (χ4n) is 4.79. The highest BCUT2D eigenvalue weighted by Gasteiger charge is 2.31. The van der Waals surface area contributed by atoms with Gasteiger partial charge in [0.1, 0.15) is 5.01 Å². The summed E-state index contributed by atoms with van der Waals surface area (Å²) in [4.78, 5) is 28.5. The summed E-state index contributed by atoms with van der Waals surface area (Å²) in [6.07, 6.45) is 6.49. The largest absolute Gasteiger partial charge is 0.339 e. The Kier molecular flexibility index (Phi) is 8.64. The molecule has 1 N–H and O–H groups in total. The number of nitrogens with one attached hydrogen (secondary N) is 1. The van der Waals surface area contributed by atoms with Crippen LogP contribution >= 0.6 is 11.3 Å². The molecule has 0 unspecified atom stereocenters. The summed E-state index contributed by atoms with van der Waals surface area (Å²) in [7, 11) is 0. The molecule has 3 aromatic rings. The minimum absolute atomic E-state index is 0.135. The van der Waals surface area contributed by atoms with Crippen LogP contribution in [0.5, 0.6) is 0 Å². The monoisotopic (exact) mass is 490 g/mol. The van der Waals surface area contributed by atoms with Crippen LogP contribution in [0.25, 0.3) is 10.6 Å². The topological polar surface area (TPSA) is 75.2 Å². The van der Waals surface area contributed by atoms with E-state index in [0.29, 0.717) is 11.7 Å². The van der Waals surface area contributed by atoms with Crippen LogP contribution in [-0.4, -0.2) is 39.5 Å². The number of benzene rings is 2. The Bertz CT molecular complexity index is 1110. The highest BCUT2D eigenvalue weighted by Crippen LogP contribution is 2.29. The first-order valence-corrected chi connectivity index (χ1v) is 13.4. The number of carbonyl (C=O) groups is 2. The zero-order valence-electron chi connectivity index (χ0n) is 20.6. The molecule has 1 aromatic heterocycles.